The summed E-state index contributed by atoms with van der Waals surface area (Å²) in [5.74, 6) is -1.82. The molecular formula is C39H50O10. The highest BCUT2D eigenvalue weighted by atomic mass is 16.6. The average Bonchev–Trinajstić information content (AvgIpc) is 3.40. The van der Waals surface area contributed by atoms with Gasteiger partial charge < -0.3 is 28.4 Å². The number of ether oxygens (including phenoxy) is 6. The summed E-state index contributed by atoms with van der Waals surface area (Å²) in [4.78, 5) is 48.7. The normalized spacial score (nSPS) is 16.6. The highest BCUT2D eigenvalue weighted by Gasteiger charge is 2.26. The number of carbonyl (C=O) groups is 4. The summed E-state index contributed by atoms with van der Waals surface area (Å²) in [5.41, 5.74) is 0.775. The lowest BCUT2D eigenvalue weighted by atomic mass is 9.90. The van der Waals surface area contributed by atoms with Crippen molar-refractivity contribution < 1.29 is 47.6 Å². The minimum atomic E-state index is -1.12. The van der Waals surface area contributed by atoms with E-state index in [0.717, 1.165) is 30.8 Å². The first-order valence-electron chi connectivity index (χ1n) is 17.4. The molecule has 0 heterocycles. The molecule has 49 heavy (non-hydrogen) atoms. The Morgan fingerprint density at radius 2 is 1.12 bits per heavy atom. The molecule has 1 atom stereocenters. The van der Waals surface area contributed by atoms with Gasteiger partial charge >= 0.3 is 23.9 Å². The summed E-state index contributed by atoms with van der Waals surface area (Å²) >= 11 is 0. The summed E-state index contributed by atoms with van der Waals surface area (Å²) in [7, 11) is 0. The van der Waals surface area contributed by atoms with Gasteiger partial charge in [0.15, 0.2) is 0 Å². The topological polar surface area (TPSA) is 124 Å². The maximum absolute atomic E-state index is 12.2. The first-order chi connectivity index (χ1) is 23.7. The largest absolute Gasteiger partial charge is 0.493 e. The van der Waals surface area contributed by atoms with Gasteiger partial charge in [0.1, 0.15) is 24.7 Å². The van der Waals surface area contributed by atoms with Crippen molar-refractivity contribution in [2.75, 3.05) is 26.4 Å². The van der Waals surface area contributed by atoms with E-state index in [-0.39, 0.29) is 32.8 Å². The molecule has 0 aromatic heterocycles. The molecule has 0 N–H and O–H groups in total. The molecule has 2 aliphatic carbocycles. The lowest BCUT2D eigenvalue weighted by molar-refractivity contribution is -0.171. The minimum absolute atomic E-state index is 0.0767. The second-order valence-electron chi connectivity index (χ2n) is 13.7. The SMILES string of the molecule is CC(C)(CCOC(=O)C(=O)OCc1ccc(OCC2CCCCC2)cc1)COC(=O)C(=O)OCc1ccc(OCC2CC=CCCC2)cc1. The summed E-state index contributed by atoms with van der Waals surface area (Å²) in [6, 6.07) is 14.4. The van der Waals surface area contributed by atoms with Crippen molar-refractivity contribution in [1.29, 1.82) is 0 Å². The van der Waals surface area contributed by atoms with Crippen molar-refractivity contribution in [3.05, 3.63) is 71.8 Å². The number of hydrogen-bond acceptors (Lipinski definition) is 10. The van der Waals surface area contributed by atoms with Crippen LogP contribution in [0.25, 0.3) is 0 Å². The fourth-order valence-electron chi connectivity index (χ4n) is 5.63. The molecule has 0 spiro atoms. The maximum atomic E-state index is 12.2. The average molecular weight is 679 g/mol. The van der Waals surface area contributed by atoms with Crippen molar-refractivity contribution in [2.45, 2.75) is 91.3 Å². The molecule has 1 fully saturated rings. The Morgan fingerprint density at radius 3 is 1.71 bits per heavy atom. The van der Waals surface area contributed by atoms with Gasteiger partial charge in [0.25, 0.3) is 0 Å². The fourth-order valence-corrected chi connectivity index (χ4v) is 5.63. The Hall–Kier alpha value is -4.34. The Balaban J connectivity index is 1.06. The molecule has 0 bridgehead atoms. The molecule has 2 aromatic carbocycles. The van der Waals surface area contributed by atoms with E-state index in [2.05, 4.69) is 12.2 Å². The predicted molar refractivity (Wildman–Crippen MR) is 181 cm³/mol. The molecule has 2 aromatic rings. The van der Waals surface area contributed by atoms with Gasteiger partial charge in [0, 0.05) is 5.41 Å². The number of benzene rings is 2. The Labute approximate surface area is 289 Å². The lowest BCUT2D eigenvalue weighted by Crippen LogP contribution is -2.29. The maximum Gasteiger partial charge on any atom is 0.417 e. The van der Waals surface area contributed by atoms with Crippen LogP contribution in [-0.2, 0) is 51.3 Å². The molecule has 0 aliphatic heterocycles. The zero-order chi connectivity index (χ0) is 34.9. The van der Waals surface area contributed by atoms with Crippen LogP contribution in [0, 0.1) is 17.3 Å². The zero-order valence-corrected chi connectivity index (χ0v) is 28.8. The van der Waals surface area contributed by atoms with Crippen molar-refractivity contribution in [3.63, 3.8) is 0 Å². The van der Waals surface area contributed by atoms with E-state index in [1.807, 2.05) is 24.3 Å². The molecule has 2 aliphatic rings. The molecule has 4 rings (SSSR count). The number of hydrogen-bond donors (Lipinski definition) is 0. The molecule has 0 saturated heterocycles. The molecule has 10 nitrogen and oxygen atoms in total. The summed E-state index contributed by atoms with van der Waals surface area (Å²) in [6.45, 7) is 4.52. The van der Waals surface area contributed by atoms with E-state index in [1.165, 1.54) is 38.5 Å². The smallest absolute Gasteiger partial charge is 0.417 e. The van der Waals surface area contributed by atoms with Gasteiger partial charge in [-0.3, -0.25) is 0 Å². The molecule has 0 radical (unpaired) electrons. The number of allylic oxidation sites excluding steroid dienone is 2. The van der Waals surface area contributed by atoms with Crippen LogP contribution in [-0.4, -0.2) is 50.3 Å². The minimum Gasteiger partial charge on any atom is -0.493 e. The third kappa shape index (κ3) is 14.0. The Bertz CT molecular complexity index is 1370. The number of carbonyl (C=O) groups excluding carboxylic acids is 4. The van der Waals surface area contributed by atoms with Crippen LogP contribution < -0.4 is 9.47 Å². The highest BCUT2D eigenvalue weighted by molar-refractivity contribution is 6.30. The van der Waals surface area contributed by atoms with E-state index >= 15 is 0 Å². The van der Waals surface area contributed by atoms with E-state index < -0.39 is 29.3 Å². The number of rotatable bonds is 15. The van der Waals surface area contributed by atoms with Crippen LogP contribution in [0.5, 0.6) is 11.5 Å². The molecule has 0 amide bonds. The summed E-state index contributed by atoms with van der Waals surface area (Å²) < 4.78 is 32.2. The van der Waals surface area contributed by atoms with E-state index in [4.69, 9.17) is 28.4 Å². The van der Waals surface area contributed by atoms with Gasteiger partial charge in [-0.05, 0) is 92.2 Å². The third-order valence-electron chi connectivity index (χ3n) is 8.84. The molecule has 1 unspecified atom stereocenters. The molecular weight excluding hydrogens is 628 g/mol. The molecule has 266 valence electrons. The zero-order valence-electron chi connectivity index (χ0n) is 28.8. The van der Waals surface area contributed by atoms with Gasteiger partial charge in [-0.15, -0.1) is 0 Å². The lowest BCUT2D eigenvalue weighted by Gasteiger charge is -2.23. The fraction of sp³-hybridized carbons (Fsp3) is 0.538. The van der Waals surface area contributed by atoms with Crippen LogP contribution >= 0.6 is 0 Å². The number of esters is 4. The van der Waals surface area contributed by atoms with Crippen LogP contribution in [0.4, 0.5) is 0 Å². The first kappa shape index (κ1) is 37.5. The van der Waals surface area contributed by atoms with E-state index in [1.54, 1.807) is 38.1 Å². The Kier molecular flexibility index (Phi) is 15.0. The highest BCUT2D eigenvalue weighted by Crippen LogP contribution is 2.25. The second-order valence-corrected chi connectivity index (χ2v) is 13.7. The van der Waals surface area contributed by atoms with Gasteiger partial charge in [0.2, 0.25) is 0 Å². The van der Waals surface area contributed by atoms with Crippen molar-refractivity contribution in [3.8, 4) is 11.5 Å². The van der Waals surface area contributed by atoms with Gasteiger partial charge in [0.05, 0.1) is 26.4 Å². The van der Waals surface area contributed by atoms with Gasteiger partial charge in [-0.25, -0.2) is 19.2 Å². The first-order valence-corrected chi connectivity index (χ1v) is 17.4. The van der Waals surface area contributed by atoms with Crippen molar-refractivity contribution in [1.82, 2.24) is 0 Å². The van der Waals surface area contributed by atoms with Crippen LogP contribution in [0.3, 0.4) is 0 Å². The quantitative estimate of drug-likeness (QED) is 0.0837. The third-order valence-corrected chi connectivity index (χ3v) is 8.84. The monoisotopic (exact) mass is 678 g/mol. The van der Waals surface area contributed by atoms with E-state index in [9.17, 15) is 19.2 Å². The van der Waals surface area contributed by atoms with Gasteiger partial charge in [-0.1, -0.05) is 69.5 Å². The Morgan fingerprint density at radius 1 is 0.612 bits per heavy atom. The van der Waals surface area contributed by atoms with Crippen LogP contribution in [0.15, 0.2) is 60.7 Å². The van der Waals surface area contributed by atoms with Gasteiger partial charge in [-0.2, -0.15) is 0 Å². The van der Waals surface area contributed by atoms with Crippen molar-refractivity contribution in [2.24, 2.45) is 17.3 Å². The molecule has 1 saturated carbocycles. The second kappa shape index (κ2) is 19.6. The van der Waals surface area contributed by atoms with Crippen molar-refractivity contribution >= 4 is 23.9 Å². The van der Waals surface area contributed by atoms with Crippen LogP contribution in [0.2, 0.25) is 0 Å². The predicted octanol–water partition coefficient (Wildman–Crippen LogP) is 7.06. The van der Waals surface area contributed by atoms with Crippen LogP contribution in [0.1, 0.15) is 89.2 Å². The summed E-state index contributed by atoms with van der Waals surface area (Å²) in [5, 5.41) is 0. The summed E-state index contributed by atoms with van der Waals surface area (Å²) in [6.07, 6.45) is 15.4. The molecule has 10 heteroatoms. The van der Waals surface area contributed by atoms with E-state index in [0.29, 0.717) is 36.2 Å². The standard InChI is InChI=1S/C39H50O10/c1-39(2,22-23-44-35(40)36(41)47-26-31-14-18-34(19-15-31)46-25-30-12-8-5-9-13-30)28-49-38(43)37(42)48-27-32-16-20-33(21-17-32)45-24-29-10-6-3-4-7-11-29/h3,6,14-21,29-30H,4-5,7-13,22-28H2,1-2H3.